The first-order valence-corrected chi connectivity index (χ1v) is 13.8. The van der Waals surface area contributed by atoms with Crippen LogP contribution in [0.4, 0.5) is 5.69 Å². The lowest BCUT2D eigenvalue weighted by molar-refractivity contribution is -0.121. The van der Waals surface area contributed by atoms with Gasteiger partial charge in [-0.3, -0.25) is 9.10 Å². The standard InChI is InChI=1S/C29H29N3O5S/c1-21(32(38(3,34)35)25-13-17-26(36-2)18-14-25)29(33)31-30-19-22-11-15-27(16-12-22)37-20-24-9-6-8-23-7-4-5-10-28(23)24/h4-19,21H,20H2,1-3H3,(H,31,33)/b30-19-/t21-/m1/s1. The number of carbonyl (C=O) groups excluding carboxylic acids is 1. The number of carbonyl (C=O) groups is 1. The molecule has 0 fully saturated rings. The summed E-state index contributed by atoms with van der Waals surface area (Å²) in [7, 11) is -2.22. The Morgan fingerprint density at radius 2 is 1.61 bits per heavy atom. The Balaban J connectivity index is 1.36. The SMILES string of the molecule is COc1ccc(N([C@H](C)C(=O)N/N=C\c2ccc(OCc3cccc4ccccc34)cc2)S(C)(=O)=O)cc1. The van der Waals surface area contributed by atoms with E-state index < -0.39 is 22.0 Å². The molecule has 0 saturated carbocycles. The zero-order chi connectivity index (χ0) is 27.1. The topological polar surface area (TPSA) is 97.3 Å². The number of hydrazone groups is 1. The van der Waals surface area contributed by atoms with Crippen molar-refractivity contribution in [2.24, 2.45) is 5.10 Å². The third-order valence-electron chi connectivity index (χ3n) is 5.96. The van der Waals surface area contributed by atoms with E-state index in [1.54, 1.807) is 24.3 Å². The first kappa shape index (κ1) is 26.7. The Morgan fingerprint density at radius 1 is 0.947 bits per heavy atom. The molecule has 0 saturated heterocycles. The Hall–Kier alpha value is -4.37. The van der Waals surface area contributed by atoms with Gasteiger partial charge in [-0.05, 0) is 77.4 Å². The number of hydrogen-bond donors (Lipinski definition) is 1. The average Bonchev–Trinajstić information content (AvgIpc) is 2.92. The van der Waals surface area contributed by atoms with Gasteiger partial charge < -0.3 is 9.47 Å². The number of fused-ring (bicyclic) bond motifs is 1. The molecule has 0 bridgehead atoms. The second-order valence-corrected chi connectivity index (χ2v) is 10.5. The lowest BCUT2D eigenvalue weighted by Crippen LogP contribution is -2.46. The summed E-state index contributed by atoms with van der Waals surface area (Å²) < 4.78 is 37.0. The number of methoxy groups -OCH3 is 1. The first-order valence-electron chi connectivity index (χ1n) is 11.9. The van der Waals surface area contributed by atoms with Gasteiger partial charge in [-0.25, -0.2) is 13.8 Å². The highest BCUT2D eigenvalue weighted by Gasteiger charge is 2.29. The molecular weight excluding hydrogens is 502 g/mol. The van der Waals surface area contributed by atoms with Gasteiger partial charge >= 0.3 is 0 Å². The molecule has 4 aromatic carbocycles. The smallest absolute Gasteiger partial charge is 0.263 e. The molecule has 8 nitrogen and oxygen atoms in total. The maximum atomic E-state index is 12.7. The largest absolute Gasteiger partial charge is 0.497 e. The zero-order valence-electron chi connectivity index (χ0n) is 21.4. The molecule has 9 heteroatoms. The lowest BCUT2D eigenvalue weighted by atomic mass is 10.1. The number of benzene rings is 4. The van der Waals surface area contributed by atoms with E-state index in [-0.39, 0.29) is 0 Å². The van der Waals surface area contributed by atoms with Crippen LogP contribution in [0.25, 0.3) is 10.8 Å². The van der Waals surface area contributed by atoms with Crippen molar-refractivity contribution < 1.29 is 22.7 Å². The Bertz CT molecular complexity index is 1530. The molecule has 0 aliphatic carbocycles. The van der Waals surface area contributed by atoms with Crippen molar-refractivity contribution in [1.82, 2.24) is 5.43 Å². The van der Waals surface area contributed by atoms with Crippen LogP contribution < -0.4 is 19.2 Å². The molecule has 1 amide bonds. The van der Waals surface area contributed by atoms with Gasteiger partial charge in [0.2, 0.25) is 10.0 Å². The van der Waals surface area contributed by atoms with Crippen molar-refractivity contribution in [3.8, 4) is 11.5 Å². The van der Waals surface area contributed by atoms with Gasteiger partial charge in [0.15, 0.2) is 0 Å². The molecule has 38 heavy (non-hydrogen) atoms. The second kappa shape index (κ2) is 11.8. The van der Waals surface area contributed by atoms with E-state index in [4.69, 9.17) is 9.47 Å². The molecule has 0 heterocycles. The summed E-state index contributed by atoms with van der Waals surface area (Å²) in [4.78, 5) is 12.7. The highest BCUT2D eigenvalue weighted by molar-refractivity contribution is 7.92. The Kier molecular flexibility index (Phi) is 8.28. The summed E-state index contributed by atoms with van der Waals surface area (Å²) in [5.41, 5.74) is 4.61. The second-order valence-electron chi connectivity index (χ2n) is 8.66. The summed E-state index contributed by atoms with van der Waals surface area (Å²) >= 11 is 0. The van der Waals surface area contributed by atoms with Gasteiger partial charge in [0.05, 0.1) is 25.3 Å². The van der Waals surface area contributed by atoms with Crippen LogP contribution in [-0.2, 0) is 21.4 Å². The Labute approximate surface area is 222 Å². The summed E-state index contributed by atoms with van der Waals surface area (Å²) in [5, 5.41) is 6.32. The fraction of sp³-hybridized carbons (Fsp3) is 0.172. The van der Waals surface area contributed by atoms with Crippen LogP contribution >= 0.6 is 0 Å². The average molecular weight is 532 g/mol. The third kappa shape index (κ3) is 6.49. The number of amides is 1. The van der Waals surface area contributed by atoms with Crippen LogP contribution in [0.5, 0.6) is 11.5 Å². The van der Waals surface area contributed by atoms with Crippen molar-refractivity contribution in [3.63, 3.8) is 0 Å². The number of hydrogen-bond acceptors (Lipinski definition) is 6. The molecule has 0 unspecified atom stereocenters. The number of anilines is 1. The van der Waals surface area contributed by atoms with Crippen molar-refractivity contribution in [2.75, 3.05) is 17.7 Å². The number of ether oxygens (including phenoxy) is 2. The van der Waals surface area contributed by atoms with Crippen molar-refractivity contribution in [3.05, 3.63) is 102 Å². The Morgan fingerprint density at radius 3 is 2.29 bits per heavy atom. The maximum Gasteiger partial charge on any atom is 0.263 e. The first-order chi connectivity index (χ1) is 18.3. The molecule has 0 aliphatic rings. The fourth-order valence-electron chi connectivity index (χ4n) is 4.03. The van der Waals surface area contributed by atoms with Crippen LogP contribution in [0.1, 0.15) is 18.1 Å². The van der Waals surface area contributed by atoms with Crippen LogP contribution in [0.2, 0.25) is 0 Å². The minimum atomic E-state index is -3.74. The highest BCUT2D eigenvalue weighted by Crippen LogP contribution is 2.24. The molecule has 0 aliphatic heterocycles. The van der Waals surface area contributed by atoms with E-state index in [1.807, 2.05) is 48.5 Å². The molecule has 1 atom stereocenters. The molecular formula is C29H29N3O5S. The van der Waals surface area contributed by atoms with Crippen LogP contribution in [0, 0.1) is 0 Å². The van der Waals surface area contributed by atoms with Crippen LogP contribution in [0.3, 0.4) is 0 Å². The summed E-state index contributed by atoms with van der Waals surface area (Å²) in [6.45, 7) is 1.94. The minimum absolute atomic E-state index is 0.346. The van der Waals surface area contributed by atoms with E-state index in [1.165, 1.54) is 25.6 Å². The quantitative estimate of drug-likeness (QED) is 0.236. The number of sulfonamides is 1. The van der Waals surface area contributed by atoms with Gasteiger partial charge in [-0.15, -0.1) is 0 Å². The van der Waals surface area contributed by atoms with Gasteiger partial charge in [-0.2, -0.15) is 5.10 Å². The molecule has 1 N–H and O–H groups in total. The molecule has 4 rings (SSSR count). The van der Waals surface area contributed by atoms with Crippen molar-refractivity contribution in [1.29, 1.82) is 0 Å². The number of nitrogens with one attached hydrogen (secondary N) is 1. The fourth-order valence-corrected chi connectivity index (χ4v) is 5.21. The van der Waals surface area contributed by atoms with E-state index in [2.05, 4.69) is 28.7 Å². The predicted octanol–water partition coefficient (Wildman–Crippen LogP) is 4.73. The zero-order valence-corrected chi connectivity index (χ0v) is 22.2. The minimum Gasteiger partial charge on any atom is -0.497 e. The molecule has 0 spiro atoms. The van der Waals surface area contributed by atoms with Crippen LogP contribution in [-0.4, -0.2) is 39.9 Å². The van der Waals surface area contributed by atoms with Gasteiger partial charge in [0, 0.05) is 0 Å². The van der Waals surface area contributed by atoms with Crippen molar-refractivity contribution in [2.45, 2.75) is 19.6 Å². The number of rotatable bonds is 10. The third-order valence-corrected chi connectivity index (χ3v) is 7.20. The van der Waals surface area contributed by atoms with E-state index >= 15 is 0 Å². The van der Waals surface area contributed by atoms with Gasteiger partial charge in [-0.1, -0.05) is 42.5 Å². The summed E-state index contributed by atoms with van der Waals surface area (Å²) in [6.07, 6.45) is 2.53. The monoisotopic (exact) mass is 531 g/mol. The van der Waals surface area contributed by atoms with Crippen LogP contribution in [0.15, 0.2) is 96.1 Å². The number of nitrogens with zero attached hydrogens (tertiary/aromatic N) is 2. The van der Waals surface area contributed by atoms with Gasteiger partial charge in [0.1, 0.15) is 24.1 Å². The summed E-state index contributed by atoms with van der Waals surface area (Å²) in [6, 6.07) is 27.0. The van der Waals surface area contributed by atoms with E-state index in [9.17, 15) is 13.2 Å². The predicted molar refractivity (Wildman–Crippen MR) is 150 cm³/mol. The summed E-state index contributed by atoms with van der Waals surface area (Å²) in [5.74, 6) is 0.711. The van der Waals surface area contributed by atoms with Crippen molar-refractivity contribution >= 4 is 38.6 Å². The highest BCUT2D eigenvalue weighted by atomic mass is 32.2. The lowest BCUT2D eigenvalue weighted by Gasteiger charge is -2.27. The maximum absolute atomic E-state index is 12.7. The van der Waals surface area contributed by atoms with E-state index in [0.29, 0.717) is 23.8 Å². The van der Waals surface area contributed by atoms with Gasteiger partial charge in [0.25, 0.3) is 5.91 Å². The molecule has 196 valence electrons. The molecule has 0 radical (unpaired) electrons. The molecule has 4 aromatic rings. The molecule has 0 aromatic heterocycles. The normalized spacial score (nSPS) is 12.3. The van der Waals surface area contributed by atoms with E-state index in [0.717, 1.165) is 27.1 Å².